The van der Waals surface area contributed by atoms with Crippen LogP contribution in [-0.4, -0.2) is 46.4 Å². The summed E-state index contributed by atoms with van der Waals surface area (Å²) in [5.41, 5.74) is 5.17. The highest BCUT2D eigenvalue weighted by Gasteiger charge is 2.35. The topological polar surface area (TPSA) is 110 Å². The fraction of sp³-hybridized carbons (Fsp3) is 0.214. The molecular weight excluding hydrogens is 472 g/mol. The highest BCUT2D eigenvalue weighted by molar-refractivity contribution is 6.16. The SMILES string of the molecule is CCOC(=O)c1cccc(-n2c(C)cc(/C=C3\NC(=O)N(CC(=O)Nc4ccccc4C)C3=O)c2C)c1. The van der Waals surface area contributed by atoms with Gasteiger partial charge in [-0.2, -0.15) is 0 Å². The third-order valence-electron chi connectivity index (χ3n) is 6.07. The zero-order valence-electron chi connectivity index (χ0n) is 21.1. The van der Waals surface area contributed by atoms with Crippen LogP contribution in [0.3, 0.4) is 0 Å². The van der Waals surface area contributed by atoms with Gasteiger partial charge in [0.1, 0.15) is 12.2 Å². The molecule has 0 bridgehead atoms. The number of nitrogens with zero attached hydrogens (tertiary/aromatic N) is 2. The number of amides is 4. The van der Waals surface area contributed by atoms with E-state index in [4.69, 9.17) is 4.74 Å². The summed E-state index contributed by atoms with van der Waals surface area (Å²) in [6.07, 6.45) is 1.59. The van der Waals surface area contributed by atoms with Gasteiger partial charge in [-0.15, -0.1) is 0 Å². The number of para-hydroxylation sites is 1. The van der Waals surface area contributed by atoms with Crippen LogP contribution in [0.2, 0.25) is 0 Å². The first-order valence-corrected chi connectivity index (χ1v) is 11.9. The molecule has 0 atom stereocenters. The normalized spacial score (nSPS) is 14.2. The maximum Gasteiger partial charge on any atom is 0.338 e. The Morgan fingerprint density at radius 1 is 1.03 bits per heavy atom. The van der Waals surface area contributed by atoms with Crippen molar-refractivity contribution in [3.63, 3.8) is 0 Å². The Morgan fingerprint density at radius 3 is 2.51 bits per heavy atom. The molecule has 2 aromatic carbocycles. The van der Waals surface area contributed by atoms with Crippen molar-refractivity contribution in [2.24, 2.45) is 0 Å². The molecule has 0 spiro atoms. The van der Waals surface area contributed by atoms with Crippen LogP contribution in [0, 0.1) is 20.8 Å². The van der Waals surface area contributed by atoms with Crippen LogP contribution >= 0.6 is 0 Å². The second kappa shape index (κ2) is 10.5. The molecule has 190 valence electrons. The van der Waals surface area contributed by atoms with E-state index in [2.05, 4.69) is 10.6 Å². The van der Waals surface area contributed by atoms with E-state index in [0.717, 1.165) is 27.5 Å². The number of hydrogen-bond donors (Lipinski definition) is 2. The molecule has 0 radical (unpaired) electrons. The summed E-state index contributed by atoms with van der Waals surface area (Å²) in [6, 6.07) is 15.6. The molecule has 9 nitrogen and oxygen atoms in total. The number of esters is 1. The molecule has 3 aromatic rings. The minimum absolute atomic E-state index is 0.0780. The van der Waals surface area contributed by atoms with Gasteiger partial charge in [-0.05, 0) is 75.2 Å². The summed E-state index contributed by atoms with van der Waals surface area (Å²) in [5.74, 6) is -1.46. The number of aryl methyl sites for hydroxylation is 2. The van der Waals surface area contributed by atoms with Crippen LogP contribution < -0.4 is 10.6 Å². The number of carbonyl (C=O) groups excluding carboxylic acids is 4. The minimum Gasteiger partial charge on any atom is -0.462 e. The van der Waals surface area contributed by atoms with Crippen molar-refractivity contribution in [3.8, 4) is 5.69 Å². The highest BCUT2D eigenvalue weighted by atomic mass is 16.5. The second-order valence-corrected chi connectivity index (χ2v) is 8.68. The van der Waals surface area contributed by atoms with Crippen molar-refractivity contribution in [1.29, 1.82) is 0 Å². The van der Waals surface area contributed by atoms with Crippen LogP contribution in [-0.2, 0) is 14.3 Å². The van der Waals surface area contributed by atoms with E-state index in [-0.39, 0.29) is 12.3 Å². The summed E-state index contributed by atoms with van der Waals surface area (Å²) in [6.45, 7) is 7.27. The van der Waals surface area contributed by atoms with Crippen LogP contribution in [0.1, 0.15) is 39.8 Å². The number of hydrogen-bond acceptors (Lipinski definition) is 5. The first-order chi connectivity index (χ1) is 17.7. The van der Waals surface area contributed by atoms with Crippen molar-refractivity contribution >= 4 is 35.6 Å². The first kappa shape index (κ1) is 25.4. The van der Waals surface area contributed by atoms with Crippen molar-refractivity contribution in [3.05, 3.63) is 88.4 Å². The highest BCUT2D eigenvalue weighted by Crippen LogP contribution is 2.25. The van der Waals surface area contributed by atoms with E-state index in [1.807, 2.05) is 49.6 Å². The summed E-state index contributed by atoms with van der Waals surface area (Å²) < 4.78 is 7.05. The third-order valence-corrected chi connectivity index (χ3v) is 6.07. The van der Waals surface area contributed by atoms with E-state index in [1.165, 1.54) is 0 Å². The largest absolute Gasteiger partial charge is 0.462 e. The zero-order chi connectivity index (χ0) is 26.7. The molecule has 1 fully saturated rings. The average Bonchev–Trinajstić information content (AvgIpc) is 3.29. The first-order valence-electron chi connectivity index (χ1n) is 11.9. The van der Waals surface area contributed by atoms with Crippen molar-refractivity contribution < 1.29 is 23.9 Å². The number of imide groups is 1. The van der Waals surface area contributed by atoms with Crippen molar-refractivity contribution in [2.45, 2.75) is 27.7 Å². The number of aromatic nitrogens is 1. The Hall–Kier alpha value is -4.66. The number of ether oxygens (including phenoxy) is 1. The summed E-state index contributed by atoms with van der Waals surface area (Å²) >= 11 is 0. The minimum atomic E-state index is -0.660. The van der Waals surface area contributed by atoms with E-state index < -0.39 is 30.4 Å². The molecular formula is C28H28N4O5. The smallest absolute Gasteiger partial charge is 0.338 e. The monoisotopic (exact) mass is 500 g/mol. The lowest BCUT2D eigenvalue weighted by Gasteiger charge is -2.13. The summed E-state index contributed by atoms with van der Waals surface area (Å²) in [7, 11) is 0. The Kier molecular flexibility index (Phi) is 7.24. The van der Waals surface area contributed by atoms with Gasteiger partial charge in [0.05, 0.1) is 12.2 Å². The van der Waals surface area contributed by atoms with Crippen molar-refractivity contribution in [2.75, 3.05) is 18.5 Å². The second-order valence-electron chi connectivity index (χ2n) is 8.68. The maximum atomic E-state index is 13.0. The molecule has 4 rings (SSSR count). The van der Waals surface area contributed by atoms with Crippen LogP contribution in [0.25, 0.3) is 11.8 Å². The third kappa shape index (κ3) is 5.30. The lowest BCUT2D eigenvalue weighted by molar-refractivity contribution is -0.127. The fourth-order valence-corrected chi connectivity index (χ4v) is 4.23. The quantitative estimate of drug-likeness (QED) is 0.288. The van der Waals surface area contributed by atoms with Gasteiger partial charge in [-0.25, -0.2) is 14.5 Å². The standard InChI is InChI=1S/C28H28N4O5/c1-5-37-27(35)20-10-8-11-22(14-20)32-18(3)13-21(19(32)4)15-24-26(34)31(28(36)30-24)16-25(33)29-23-12-7-6-9-17(23)2/h6-15H,5,16H2,1-4H3,(H,29,33)(H,30,36)/b24-15-. The average molecular weight is 501 g/mol. The molecule has 9 heteroatoms. The summed E-state index contributed by atoms with van der Waals surface area (Å²) in [4.78, 5) is 51.0. The van der Waals surface area contributed by atoms with Gasteiger partial charge in [0.2, 0.25) is 5.91 Å². The molecule has 1 saturated heterocycles. The molecule has 1 aromatic heterocycles. The van der Waals surface area contributed by atoms with E-state index >= 15 is 0 Å². The Bertz CT molecular complexity index is 1440. The Labute approximate surface area is 214 Å². The van der Waals surface area contributed by atoms with E-state index in [0.29, 0.717) is 16.8 Å². The number of rotatable bonds is 7. The Morgan fingerprint density at radius 2 is 1.78 bits per heavy atom. The van der Waals surface area contributed by atoms with E-state index in [9.17, 15) is 19.2 Å². The van der Waals surface area contributed by atoms with Crippen LogP contribution in [0.15, 0.2) is 60.3 Å². The van der Waals surface area contributed by atoms with Crippen molar-refractivity contribution in [1.82, 2.24) is 14.8 Å². The predicted octanol–water partition coefficient (Wildman–Crippen LogP) is 4.11. The van der Waals surface area contributed by atoms with Gasteiger partial charge in [-0.1, -0.05) is 24.3 Å². The molecule has 0 aliphatic carbocycles. The van der Waals surface area contributed by atoms with Gasteiger partial charge in [0.15, 0.2) is 0 Å². The lowest BCUT2D eigenvalue weighted by Crippen LogP contribution is -2.38. The predicted molar refractivity (Wildman–Crippen MR) is 139 cm³/mol. The number of urea groups is 1. The molecule has 37 heavy (non-hydrogen) atoms. The van der Waals surface area contributed by atoms with Gasteiger partial charge < -0.3 is 19.9 Å². The van der Waals surface area contributed by atoms with Crippen LogP contribution in [0.5, 0.6) is 0 Å². The number of anilines is 1. The number of carbonyl (C=O) groups is 4. The summed E-state index contributed by atoms with van der Waals surface area (Å²) in [5, 5.41) is 5.30. The maximum absolute atomic E-state index is 13.0. The Balaban J connectivity index is 1.54. The fourth-order valence-electron chi connectivity index (χ4n) is 4.23. The van der Waals surface area contributed by atoms with Gasteiger partial charge >= 0.3 is 12.0 Å². The number of nitrogens with one attached hydrogen (secondary N) is 2. The van der Waals surface area contributed by atoms with Gasteiger partial charge in [0.25, 0.3) is 5.91 Å². The zero-order valence-corrected chi connectivity index (χ0v) is 21.1. The van der Waals surface area contributed by atoms with E-state index in [1.54, 1.807) is 43.3 Å². The molecule has 4 amide bonds. The van der Waals surface area contributed by atoms with Crippen LogP contribution in [0.4, 0.5) is 10.5 Å². The van der Waals surface area contributed by atoms with Gasteiger partial charge in [0, 0.05) is 22.8 Å². The molecule has 2 N–H and O–H groups in total. The molecule has 2 heterocycles. The molecule has 1 aliphatic rings. The lowest BCUT2D eigenvalue weighted by atomic mass is 10.2. The molecule has 1 aliphatic heterocycles. The number of benzene rings is 2. The van der Waals surface area contributed by atoms with Gasteiger partial charge in [-0.3, -0.25) is 9.59 Å². The molecule has 0 unspecified atom stereocenters. The molecule has 0 saturated carbocycles.